The first-order valence-corrected chi connectivity index (χ1v) is 9.33. The number of nitro benzene ring substituents is 1. The molecule has 154 valence electrons. The predicted molar refractivity (Wildman–Crippen MR) is 114 cm³/mol. The molecule has 1 N–H and O–H groups in total. The number of nitrogens with zero attached hydrogens (tertiary/aromatic N) is 4. The number of para-hydroxylation sites is 1. The second-order valence-corrected chi connectivity index (χ2v) is 6.61. The maximum atomic E-state index is 12.7. The molecule has 9 heteroatoms. The highest BCUT2D eigenvalue weighted by Gasteiger charge is 2.18. The summed E-state index contributed by atoms with van der Waals surface area (Å²) in [5, 5.41) is 21.7. The third-order valence-electron chi connectivity index (χ3n) is 4.49. The molecule has 1 amide bonds. The standard InChI is InChI=1S/C22H17N5O4/c1-15-21(24-25-26(15)17-6-5-7-18(14-17)27(29)30)22(28)23-16-10-12-20(13-11-16)31-19-8-3-2-4-9-19/h2-14H,1H3,(H,23,28). The van der Waals surface area contributed by atoms with Gasteiger partial charge in [0.15, 0.2) is 5.69 Å². The Morgan fingerprint density at radius 2 is 1.71 bits per heavy atom. The Labute approximate surface area is 177 Å². The molecule has 0 saturated heterocycles. The molecule has 0 aliphatic heterocycles. The van der Waals surface area contributed by atoms with Gasteiger partial charge in [-0.25, -0.2) is 4.68 Å². The molecule has 0 unspecified atom stereocenters. The molecule has 0 saturated carbocycles. The minimum Gasteiger partial charge on any atom is -0.457 e. The Hall–Kier alpha value is -4.53. The summed E-state index contributed by atoms with van der Waals surface area (Å²) in [6.07, 6.45) is 0. The number of rotatable bonds is 6. The van der Waals surface area contributed by atoms with Crippen molar-refractivity contribution in [1.82, 2.24) is 15.0 Å². The van der Waals surface area contributed by atoms with E-state index in [4.69, 9.17) is 4.74 Å². The fraction of sp³-hybridized carbons (Fsp3) is 0.0455. The fourth-order valence-corrected chi connectivity index (χ4v) is 2.94. The third-order valence-corrected chi connectivity index (χ3v) is 4.49. The number of carbonyl (C=O) groups is 1. The van der Waals surface area contributed by atoms with Gasteiger partial charge in [0.2, 0.25) is 0 Å². The van der Waals surface area contributed by atoms with E-state index in [9.17, 15) is 14.9 Å². The van der Waals surface area contributed by atoms with Gasteiger partial charge in [-0.05, 0) is 49.4 Å². The Morgan fingerprint density at radius 1 is 1.00 bits per heavy atom. The highest BCUT2D eigenvalue weighted by Crippen LogP contribution is 2.23. The van der Waals surface area contributed by atoms with Crippen LogP contribution in [0.25, 0.3) is 5.69 Å². The van der Waals surface area contributed by atoms with Gasteiger partial charge in [0.05, 0.1) is 16.3 Å². The topological polar surface area (TPSA) is 112 Å². The van der Waals surface area contributed by atoms with Crippen LogP contribution in [0.1, 0.15) is 16.2 Å². The van der Waals surface area contributed by atoms with Crippen LogP contribution in [0.4, 0.5) is 11.4 Å². The van der Waals surface area contributed by atoms with E-state index in [0.717, 1.165) is 0 Å². The number of hydrogen-bond donors (Lipinski definition) is 1. The van der Waals surface area contributed by atoms with Crippen LogP contribution < -0.4 is 10.1 Å². The highest BCUT2D eigenvalue weighted by molar-refractivity contribution is 6.03. The van der Waals surface area contributed by atoms with E-state index < -0.39 is 10.8 Å². The van der Waals surface area contributed by atoms with Crippen LogP contribution in [0, 0.1) is 17.0 Å². The third kappa shape index (κ3) is 4.40. The Morgan fingerprint density at radius 3 is 2.42 bits per heavy atom. The number of nitro groups is 1. The van der Waals surface area contributed by atoms with E-state index in [1.165, 1.54) is 16.8 Å². The highest BCUT2D eigenvalue weighted by atomic mass is 16.6. The SMILES string of the molecule is Cc1c(C(=O)Nc2ccc(Oc3ccccc3)cc2)nnn1-c1cccc([N+](=O)[O-])c1. The summed E-state index contributed by atoms with van der Waals surface area (Å²) in [6.45, 7) is 1.67. The summed E-state index contributed by atoms with van der Waals surface area (Å²) in [5.41, 5.74) is 1.52. The largest absolute Gasteiger partial charge is 0.457 e. The van der Waals surface area contributed by atoms with Gasteiger partial charge in [-0.15, -0.1) is 5.10 Å². The van der Waals surface area contributed by atoms with E-state index in [2.05, 4.69) is 15.6 Å². The van der Waals surface area contributed by atoms with E-state index in [1.54, 1.807) is 43.3 Å². The van der Waals surface area contributed by atoms with Gasteiger partial charge in [-0.3, -0.25) is 14.9 Å². The lowest BCUT2D eigenvalue weighted by atomic mass is 10.2. The molecule has 0 bridgehead atoms. The molecule has 1 heterocycles. The molecule has 0 fully saturated rings. The van der Waals surface area contributed by atoms with Crippen molar-refractivity contribution in [2.75, 3.05) is 5.32 Å². The smallest absolute Gasteiger partial charge is 0.278 e. The van der Waals surface area contributed by atoms with Crippen molar-refractivity contribution in [3.05, 3.63) is 100 Å². The summed E-state index contributed by atoms with van der Waals surface area (Å²) in [4.78, 5) is 23.2. The molecule has 4 rings (SSSR count). The zero-order valence-corrected chi connectivity index (χ0v) is 16.4. The summed E-state index contributed by atoms with van der Waals surface area (Å²) >= 11 is 0. The van der Waals surface area contributed by atoms with Crippen molar-refractivity contribution in [3.8, 4) is 17.2 Å². The lowest BCUT2D eigenvalue weighted by Crippen LogP contribution is -2.14. The van der Waals surface area contributed by atoms with Crippen molar-refractivity contribution in [1.29, 1.82) is 0 Å². The van der Waals surface area contributed by atoms with Crippen LogP contribution in [0.2, 0.25) is 0 Å². The van der Waals surface area contributed by atoms with E-state index in [1.807, 2.05) is 30.3 Å². The summed E-state index contributed by atoms with van der Waals surface area (Å²) in [6, 6.07) is 22.3. The maximum absolute atomic E-state index is 12.7. The molecule has 31 heavy (non-hydrogen) atoms. The van der Waals surface area contributed by atoms with Crippen molar-refractivity contribution in [2.45, 2.75) is 6.92 Å². The van der Waals surface area contributed by atoms with Gasteiger partial charge in [-0.2, -0.15) is 0 Å². The molecule has 0 aliphatic carbocycles. The van der Waals surface area contributed by atoms with Gasteiger partial charge < -0.3 is 10.1 Å². The molecule has 0 spiro atoms. The second-order valence-electron chi connectivity index (χ2n) is 6.61. The van der Waals surface area contributed by atoms with Crippen molar-refractivity contribution in [2.24, 2.45) is 0 Å². The minimum absolute atomic E-state index is 0.0730. The quantitative estimate of drug-likeness (QED) is 0.366. The normalized spacial score (nSPS) is 10.5. The average molecular weight is 415 g/mol. The van der Waals surface area contributed by atoms with Gasteiger partial charge in [0.1, 0.15) is 11.5 Å². The number of nitrogens with one attached hydrogen (secondary N) is 1. The van der Waals surface area contributed by atoms with Gasteiger partial charge in [-0.1, -0.05) is 29.5 Å². The number of non-ortho nitro benzene ring substituents is 1. The summed E-state index contributed by atoms with van der Waals surface area (Å²) < 4.78 is 7.12. The number of ether oxygens (including phenoxy) is 1. The number of hydrogen-bond acceptors (Lipinski definition) is 6. The van der Waals surface area contributed by atoms with E-state index >= 15 is 0 Å². The average Bonchev–Trinajstić information content (AvgIpc) is 3.17. The molecular weight excluding hydrogens is 398 g/mol. The van der Waals surface area contributed by atoms with Crippen LogP contribution in [-0.4, -0.2) is 25.8 Å². The van der Waals surface area contributed by atoms with E-state index in [-0.39, 0.29) is 11.4 Å². The predicted octanol–water partition coefficient (Wildman–Crippen LogP) is 4.53. The van der Waals surface area contributed by atoms with Crippen LogP contribution in [-0.2, 0) is 0 Å². The molecule has 0 radical (unpaired) electrons. The van der Waals surface area contributed by atoms with Crippen LogP contribution >= 0.6 is 0 Å². The number of carbonyl (C=O) groups excluding carboxylic acids is 1. The van der Waals surface area contributed by atoms with Crippen LogP contribution in [0.5, 0.6) is 11.5 Å². The van der Waals surface area contributed by atoms with Crippen molar-refractivity contribution >= 4 is 17.3 Å². The second kappa shape index (κ2) is 8.46. The molecular formula is C22H17N5O4. The fourth-order valence-electron chi connectivity index (χ4n) is 2.94. The first-order valence-electron chi connectivity index (χ1n) is 9.33. The Kier molecular flexibility index (Phi) is 5.39. The minimum atomic E-state index is -0.492. The Balaban J connectivity index is 1.48. The summed E-state index contributed by atoms with van der Waals surface area (Å²) in [5.74, 6) is 0.913. The monoisotopic (exact) mass is 415 g/mol. The number of anilines is 1. The van der Waals surface area contributed by atoms with Gasteiger partial charge in [0.25, 0.3) is 11.6 Å². The lowest BCUT2D eigenvalue weighted by molar-refractivity contribution is -0.384. The zero-order chi connectivity index (χ0) is 21.8. The number of aromatic nitrogens is 3. The molecule has 9 nitrogen and oxygen atoms in total. The summed E-state index contributed by atoms with van der Waals surface area (Å²) in [7, 11) is 0. The number of amides is 1. The van der Waals surface area contributed by atoms with Crippen LogP contribution in [0.15, 0.2) is 78.9 Å². The van der Waals surface area contributed by atoms with E-state index in [0.29, 0.717) is 28.6 Å². The van der Waals surface area contributed by atoms with Crippen molar-refractivity contribution < 1.29 is 14.5 Å². The number of benzene rings is 3. The molecule has 0 atom stereocenters. The van der Waals surface area contributed by atoms with Crippen molar-refractivity contribution in [3.63, 3.8) is 0 Å². The molecule has 3 aromatic carbocycles. The van der Waals surface area contributed by atoms with Crippen LogP contribution in [0.3, 0.4) is 0 Å². The first-order chi connectivity index (χ1) is 15.0. The first kappa shape index (κ1) is 19.8. The Bertz CT molecular complexity index is 1240. The van der Waals surface area contributed by atoms with Gasteiger partial charge >= 0.3 is 0 Å². The molecule has 4 aromatic rings. The molecule has 0 aliphatic rings. The zero-order valence-electron chi connectivity index (χ0n) is 16.4. The lowest BCUT2D eigenvalue weighted by Gasteiger charge is -2.08. The maximum Gasteiger partial charge on any atom is 0.278 e. The van der Waals surface area contributed by atoms with Gasteiger partial charge in [0, 0.05) is 17.8 Å². The molecule has 1 aromatic heterocycles.